The van der Waals surface area contributed by atoms with Crippen molar-refractivity contribution in [1.29, 1.82) is 0 Å². The van der Waals surface area contributed by atoms with Crippen LogP contribution in [0.5, 0.6) is 0 Å². The van der Waals surface area contributed by atoms with Crippen LogP contribution >= 0.6 is 0 Å². The maximum atomic E-state index is 12.7. The van der Waals surface area contributed by atoms with E-state index >= 15 is 0 Å². The average Bonchev–Trinajstić information content (AvgIpc) is 2.78. The van der Waals surface area contributed by atoms with Gasteiger partial charge in [-0.3, -0.25) is 14.6 Å². The van der Waals surface area contributed by atoms with Crippen molar-refractivity contribution in [2.45, 2.75) is 13.0 Å². The molecule has 0 spiro atoms. The van der Waals surface area contributed by atoms with Crippen LogP contribution < -0.4 is 15.1 Å². The van der Waals surface area contributed by atoms with Gasteiger partial charge in [-0.05, 0) is 42.3 Å². The van der Waals surface area contributed by atoms with Crippen LogP contribution in [-0.4, -0.2) is 72.0 Å². The third kappa shape index (κ3) is 3.91. The van der Waals surface area contributed by atoms with Crippen LogP contribution in [0.1, 0.15) is 17.3 Å². The Kier molecular flexibility index (Phi) is 5.51. The molecule has 0 aromatic heterocycles. The Morgan fingerprint density at radius 3 is 2.16 bits per heavy atom. The summed E-state index contributed by atoms with van der Waals surface area (Å²) in [5.41, 5.74) is 2.81. The number of rotatable bonds is 2. The molecule has 9 nitrogen and oxygen atoms in total. The van der Waals surface area contributed by atoms with E-state index in [1.807, 2.05) is 17.0 Å². The van der Waals surface area contributed by atoms with Gasteiger partial charge in [0, 0.05) is 31.7 Å². The van der Waals surface area contributed by atoms with Gasteiger partial charge in [0.15, 0.2) is 0 Å². The Balaban J connectivity index is 1.65. The van der Waals surface area contributed by atoms with Crippen LogP contribution in [0.4, 0.5) is 21.0 Å². The number of hydrogen-bond acceptors (Lipinski definition) is 4. The predicted molar refractivity (Wildman–Crippen MR) is 116 cm³/mol. The van der Waals surface area contributed by atoms with Crippen molar-refractivity contribution in [1.82, 2.24) is 10.2 Å². The first-order valence-electron chi connectivity index (χ1n) is 10.1. The molecule has 2 aromatic rings. The van der Waals surface area contributed by atoms with Crippen molar-refractivity contribution in [3.63, 3.8) is 0 Å². The largest absolute Gasteiger partial charge is 0.465 e. The molecule has 2 aliphatic rings. The molecule has 9 heteroatoms. The molecule has 3 N–H and O–H groups in total. The number of hydrogen-bond donors (Lipinski definition) is 3. The predicted octanol–water partition coefficient (Wildman–Crippen LogP) is 2.77. The standard InChI is InChI=1S/C22H24N4O5/c1-14-13-25(21(28)29)19-12-17(6-7-18(19)26(14)22(30)31)15-2-4-16(5-3-15)20(27)24-10-8-23-9-11-24/h2-7,12,14,23H,8-11,13H2,1H3,(H,28,29)(H,30,31)/t14-/m0/s1. The molecule has 3 amide bonds. The summed E-state index contributed by atoms with van der Waals surface area (Å²) in [6.07, 6.45) is -2.26. The molecule has 31 heavy (non-hydrogen) atoms. The van der Waals surface area contributed by atoms with Gasteiger partial charge in [0.25, 0.3) is 5.91 Å². The third-order valence-electron chi connectivity index (χ3n) is 5.72. The summed E-state index contributed by atoms with van der Waals surface area (Å²) < 4.78 is 0. The van der Waals surface area contributed by atoms with Crippen molar-refractivity contribution >= 4 is 29.5 Å². The van der Waals surface area contributed by atoms with E-state index in [0.29, 0.717) is 30.0 Å². The molecule has 0 saturated carbocycles. The zero-order valence-corrected chi connectivity index (χ0v) is 17.1. The zero-order chi connectivity index (χ0) is 22.1. The molecule has 2 heterocycles. The Morgan fingerprint density at radius 2 is 1.55 bits per heavy atom. The molecule has 4 rings (SSSR count). The summed E-state index contributed by atoms with van der Waals surface area (Å²) in [6, 6.07) is 11.7. The van der Waals surface area contributed by atoms with Gasteiger partial charge < -0.3 is 20.4 Å². The zero-order valence-electron chi connectivity index (χ0n) is 17.1. The SMILES string of the molecule is C[C@H]1CN(C(=O)O)c2cc(-c3ccc(C(=O)N4CCNCC4)cc3)ccc2N1C(=O)O. The van der Waals surface area contributed by atoms with E-state index in [0.717, 1.165) is 24.2 Å². The molecule has 1 saturated heterocycles. The molecule has 162 valence electrons. The highest BCUT2D eigenvalue weighted by Crippen LogP contribution is 2.39. The molecule has 2 aliphatic heterocycles. The van der Waals surface area contributed by atoms with Crippen LogP contribution in [-0.2, 0) is 0 Å². The second kappa shape index (κ2) is 8.27. The Morgan fingerprint density at radius 1 is 0.903 bits per heavy atom. The van der Waals surface area contributed by atoms with Gasteiger partial charge in [0.1, 0.15) is 0 Å². The summed E-state index contributed by atoms with van der Waals surface area (Å²) in [5.74, 6) is -0.0124. The van der Waals surface area contributed by atoms with Crippen LogP contribution in [0, 0.1) is 0 Å². The molecule has 0 radical (unpaired) electrons. The van der Waals surface area contributed by atoms with E-state index in [1.165, 1.54) is 9.80 Å². The summed E-state index contributed by atoms with van der Waals surface area (Å²) in [5, 5.41) is 22.4. The average molecular weight is 424 g/mol. The highest BCUT2D eigenvalue weighted by molar-refractivity contribution is 6.01. The fourth-order valence-electron chi connectivity index (χ4n) is 4.13. The fraction of sp³-hybridized carbons (Fsp3) is 0.318. The molecule has 1 fully saturated rings. The summed E-state index contributed by atoms with van der Waals surface area (Å²) in [6.45, 7) is 4.64. The smallest absolute Gasteiger partial charge is 0.412 e. The molecule has 1 atom stereocenters. The first-order valence-corrected chi connectivity index (χ1v) is 10.1. The number of carbonyl (C=O) groups excluding carboxylic acids is 1. The lowest BCUT2D eigenvalue weighted by atomic mass is 10.00. The topological polar surface area (TPSA) is 113 Å². The summed E-state index contributed by atoms with van der Waals surface area (Å²) in [7, 11) is 0. The van der Waals surface area contributed by atoms with Crippen LogP contribution in [0.2, 0.25) is 0 Å². The highest BCUT2D eigenvalue weighted by Gasteiger charge is 2.35. The third-order valence-corrected chi connectivity index (χ3v) is 5.72. The number of carbonyl (C=O) groups is 3. The molecule has 2 aromatic carbocycles. The molecular weight excluding hydrogens is 400 g/mol. The summed E-state index contributed by atoms with van der Waals surface area (Å²) >= 11 is 0. The number of anilines is 2. The number of benzene rings is 2. The molecule has 0 unspecified atom stereocenters. The lowest BCUT2D eigenvalue weighted by Crippen LogP contribution is -2.51. The van der Waals surface area contributed by atoms with Gasteiger partial charge in [0.05, 0.1) is 24.0 Å². The minimum atomic E-state index is -1.13. The van der Waals surface area contributed by atoms with E-state index in [9.17, 15) is 24.6 Å². The molecule has 0 aliphatic carbocycles. The van der Waals surface area contributed by atoms with Crippen molar-refractivity contribution < 1.29 is 24.6 Å². The second-order valence-electron chi connectivity index (χ2n) is 7.72. The number of nitrogens with one attached hydrogen (secondary N) is 1. The van der Waals surface area contributed by atoms with Crippen molar-refractivity contribution in [2.24, 2.45) is 0 Å². The normalized spacial score (nSPS) is 18.5. The number of amides is 3. The van der Waals surface area contributed by atoms with Gasteiger partial charge >= 0.3 is 12.2 Å². The maximum Gasteiger partial charge on any atom is 0.412 e. The van der Waals surface area contributed by atoms with E-state index in [-0.39, 0.29) is 12.5 Å². The van der Waals surface area contributed by atoms with E-state index in [2.05, 4.69) is 5.32 Å². The Hall–Kier alpha value is -3.59. The van der Waals surface area contributed by atoms with Gasteiger partial charge in [0.2, 0.25) is 0 Å². The number of fused-ring (bicyclic) bond motifs is 1. The fourth-order valence-corrected chi connectivity index (χ4v) is 4.13. The molecular formula is C22H24N4O5. The van der Waals surface area contributed by atoms with Crippen LogP contribution in [0.15, 0.2) is 42.5 Å². The lowest BCUT2D eigenvalue weighted by molar-refractivity contribution is 0.0735. The minimum absolute atomic E-state index is 0.0124. The van der Waals surface area contributed by atoms with Gasteiger partial charge in [-0.2, -0.15) is 0 Å². The Bertz CT molecular complexity index is 1020. The van der Waals surface area contributed by atoms with Gasteiger partial charge in [-0.1, -0.05) is 18.2 Å². The number of piperazine rings is 1. The minimum Gasteiger partial charge on any atom is -0.465 e. The van der Waals surface area contributed by atoms with Gasteiger partial charge in [-0.15, -0.1) is 0 Å². The van der Waals surface area contributed by atoms with E-state index < -0.39 is 18.2 Å². The maximum absolute atomic E-state index is 12.7. The number of carboxylic acid groups (broad SMARTS) is 2. The monoisotopic (exact) mass is 424 g/mol. The van der Waals surface area contributed by atoms with Gasteiger partial charge in [-0.25, -0.2) is 9.59 Å². The van der Waals surface area contributed by atoms with Crippen LogP contribution in [0.3, 0.4) is 0 Å². The Labute approximate surface area is 179 Å². The highest BCUT2D eigenvalue weighted by atomic mass is 16.4. The van der Waals surface area contributed by atoms with E-state index in [1.54, 1.807) is 37.3 Å². The lowest BCUT2D eigenvalue weighted by Gasteiger charge is -2.38. The van der Waals surface area contributed by atoms with Crippen molar-refractivity contribution in [3.05, 3.63) is 48.0 Å². The first kappa shape index (κ1) is 20.7. The first-order chi connectivity index (χ1) is 14.9. The second-order valence-corrected chi connectivity index (χ2v) is 7.72. The van der Waals surface area contributed by atoms with E-state index in [4.69, 9.17) is 0 Å². The van der Waals surface area contributed by atoms with Crippen molar-refractivity contribution in [3.8, 4) is 11.1 Å². The van der Waals surface area contributed by atoms with Crippen LogP contribution in [0.25, 0.3) is 11.1 Å². The van der Waals surface area contributed by atoms with Crippen molar-refractivity contribution in [2.75, 3.05) is 42.5 Å². The quantitative estimate of drug-likeness (QED) is 0.683. The molecule has 0 bridgehead atoms. The summed E-state index contributed by atoms with van der Waals surface area (Å²) in [4.78, 5) is 40.3. The number of nitrogens with zero attached hydrogens (tertiary/aromatic N) is 3.